The van der Waals surface area contributed by atoms with Gasteiger partial charge in [0.05, 0.1) is 12.8 Å². The number of amides is 2. The summed E-state index contributed by atoms with van der Waals surface area (Å²) in [5.74, 6) is -0.160. The number of carbonyl (C=O) groups is 2. The first-order chi connectivity index (χ1) is 12.0. The lowest BCUT2D eigenvalue weighted by molar-refractivity contribution is -0.126. The van der Waals surface area contributed by atoms with Gasteiger partial charge in [-0.05, 0) is 22.8 Å². The van der Waals surface area contributed by atoms with Gasteiger partial charge in [-0.25, -0.2) is 4.79 Å². The molecule has 3 N–H and O–H groups in total. The Morgan fingerprint density at radius 3 is 2.68 bits per heavy atom. The highest BCUT2D eigenvalue weighted by Gasteiger charge is 2.34. The minimum absolute atomic E-state index is 0.170. The van der Waals surface area contributed by atoms with Crippen molar-refractivity contribution in [1.82, 2.24) is 5.32 Å². The predicted molar refractivity (Wildman–Crippen MR) is 90.2 cm³/mol. The van der Waals surface area contributed by atoms with Crippen LogP contribution in [0.3, 0.4) is 0 Å². The molecule has 0 spiro atoms. The van der Waals surface area contributed by atoms with Crippen molar-refractivity contribution in [1.29, 1.82) is 0 Å². The summed E-state index contributed by atoms with van der Waals surface area (Å²) < 4.78 is 5.40. The SMILES string of the molecule is COc1cc2c(cc1Cc1ccccc1)C[C@H](NC(=O)O)C(=O)N2O. The number of nitrogens with zero attached hydrogens (tertiary/aromatic N) is 1. The Hall–Kier alpha value is -3.06. The number of hydrogen-bond acceptors (Lipinski definition) is 4. The fraction of sp³-hybridized carbons (Fsp3) is 0.222. The zero-order valence-electron chi connectivity index (χ0n) is 13.6. The molecule has 0 aliphatic carbocycles. The molecule has 1 atom stereocenters. The number of hydroxylamine groups is 1. The van der Waals surface area contributed by atoms with Crippen LogP contribution in [0, 0.1) is 0 Å². The highest BCUT2D eigenvalue weighted by molar-refractivity contribution is 5.99. The second-order valence-corrected chi connectivity index (χ2v) is 5.81. The molecule has 3 rings (SSSR count). The Morgan fingerprint density at radius 2 is 2.04 bits per heavy atom. The maximum absolute atomic E-state index is 12.1. The van der Waals surface area contributed by atoms with E-state index in [4.69, 9.17) is 9.84 Å². The Labute approximate surface area is 144 Å². The predicted octanol–water partition coefficient (Wildman–Crippen LogP) is 2.20. The minimum Gasteiger partial charge on any atom is -0.496 e. The molecule has 7 heteroatoms. The van der Waals surface area contributed by atoms with Crippen LogP contribution >= 0.6 is 0 Å². The van der Waals surface area contributed by atoms with Crippen LogP contribution < -0.4 is 15.1 Å². The number of nitrogens with one attached hydrogen (secondary N) is 1. The number of carbonyl (C=O) groups excluding carboxylic acids is 1. The van der Waals surface area contributed by atoms with Crippen molar-refractivity contribution in [3.63, 3.8) is 0 Å². The van der Waals surface area contributed by atoms with Crippen molar-refractivity contribution in [2.24, 2.45) is 0 Å². The first kappa shape index (κ1) is 16.8. The van der Waals surface area contributed by atoms with Gasteiger partial charge in [0, 0.05) is 18.9 Å². The topological polar surface area (TPSA) is 99.1 Å². The standard InChI is InChI=1S/C18H18N2O5/c1-25-16-10-15-12(8-13(16)7-11-5-3-2-4-6-11)9-14(19-18(22)23)17(21)20(15)24/h2-6,8,10,14,19,24H,7,9H2,1H3,(H,22,23)/t14-/m0/s1. The smallest absolute Gasteiger partial charge is 0.405 e. The third kappa shape index (κ3) is 3.41. The molecular formula is C18H18N2O5. The highest BCUT2D eigenvalue weighted by Crippen LogP contribution is 2.34. The van der Waals surface area contributed by atoms with Gasteiger partial charge in [-0.1, -0.05) is 30.3 Å². The van der Waals surface area contributed by atoms with Crippen molar-refractivity contribution in [2.45, 2.75) is 18.9 Å². The molecule has 1 heterocycles. The molecule has 0 saturated carbocycles. The van der Waals surface area contributed by atoms with E-state index >= 15 is 0 Å². The second kappa shape index (κ2) is 6.82. The monoisotopic (exact) mass is 342 g/mol. The molecule has 0 radical (unpaired) electrons. The van der Waals surface area contributed by atoms with Gasteiger partial charge in [0.25, 0.3) is 5.91 Å². The second-order valence-electron chi connectivity index (χ2n) is 5.81. The van der Waals surface area contributed by atoms with Gasteiger partial charge < -0.3 is 15.2 Å². The molecule has 7 nitrogen and oxygen atoms in total. The Kier molecular flexibility index (Phi) is 4.58. The average Bonchev–Trinajstić information content (AvgIpc) is 2.59. The molecule has 25 heavy (non-hydrogen) atoms. The summed E-state index contributed by atoms with van der Waals surface area (Å²) in [6, 6.07) is 12.2. The lowest BCUT2D eigenvalue weighted by Gasteiger charge is -2.30. The molecule has 0 fully saturated rings. The zero-order chi connectivity index (χ0) is 18.0. The Bertz CT molecular complexity index is 807. The molecule has 2 amide bonds. The lowest BCUT2D eigenvalue weighted by atomic mass is 9.94. The fourth-order valence-corrected chi connectivity index (χ4v) is 3.00. The molecule has 0 bridgehead atoms. The maximum Gasteiger partial charge on any atom is 0.405 e. The van der Waals surface area contributed by atoms with Gasteiger partial charge in [-0.2, -0.15) is 5.06 Å². The molecule has 1 aliphatic rings. The first-order valence-corrected chi connectivity index (χ1v) is 7.75. The van der Waals surface area contributed by atoms with E-state index in [0.29, 0.717) is 28.5 Å². The number of rotatable bonds is 4. The summed E-state index contributed by atoms with van der Waals surface area (Å²) in [6.45, 7) is 0. The van der Waals surface area contributed by atoms with Crippen molar-refractivity contribution in [2.75, 3.05) is 12.2 Å². The minimum atomic E-state index is -1.31. The number of hydrogen-bond donors (Lipinski definition) is 3. The van der Waals surface area contributed by atoms with Crippen LogP contribution in [-0.2, 0) is 17.6 Å². The van der Waals surface area contributed by atoms with E-state index in [-0.39, 0.29) is 6.42 Å². The van der Waals surface area contributed by atoms with Crippen molar-refractivity contribution < 1.29 is 24.6 Å². The molecule has 0 saturated heterocycles. The normalized spacial score (nSPS) is 16.3. The lowest BCUT2D eigenvalue weighted by Crippen LogP contribution is -2.51. The van der Waals surface area contributed by atoms with Crippen LogP contribution in [-0.4, -0.2) is 35.5 Å². The summed E-state index contributed by atoms with van der Waals surface area (Å²) in [4.78, 5) is 23.0. The van der Waals surface area contributed by atoms with Crippen molar-refractivity contribution in [3.05, 3.63) is 59.2 Å². The van der Waals surface area contributed by atoms with E-state index in [1.54, 1.807) is 6.07 Å². The number of ether oxygens (including phenoxy) is 1. The third-order valence-corrected chi connectivity index (χ3v) is 4.18. The first-order valence-electron chi connectivity index (χ1n) is 7.75. The Balaban J connectivity index is 1.98. The van der Waals surface area contributed by atoms with E-state index in [1.165, 1.54) is 7.11 Å². The quantitative estimate of drug-likeness (QED) is 0.740. The number of benzene rings is 2. The molecule has 130 valence electrons. The van der Waals surface area contributed by atoms with Gasteiger partial charge in [0.2, 0.25) is 0 Å². The van der Waals surface area contributed by atoms with Gasteiger partial charge in [-0.15, -0.1) is 0 Å². The van der Waals surface area contributed by atoms with Crippen LogP contribution in [0.2, 0.25) is 0 Å². The molecule has 1 aliphatic heterocycles. The molecule has 0 aromatic heterocycles. The molecule has 2 aromatic rings. The van der Waals surface area contributed by atoms with E-state index < -0.39 is 18.0 Å². The van der Waals surface area contributed by atoms with Gasteiger partial charge in [0.1, 0.15) is 11.8 Å². The van der Waals surface area contributed by atoms with E-state index in [1.807, 2.05) is 36.4 Å². The van der Waals surface area contributed by atoms with Crippen LogP contribution in [0.25, 0.3) is 0 Å². The molecule has 2 aromatic carbocycles. The van der Waals surface area contributed by atoms with Crippen LogP contribution in [0.5, 0.6) is 5.75 Å². The van der Waals surface area contributed by atoms with Crippen molar-refractivity contribution in [3.8, 4) is 5.75 Å². The van der Waals surface area contributed by atoms with Crippen LogP contribution in [0.15, 0.2) is 42.5 Å². The van der Waals surface area contributed by atoms with Crippen molar-refractivity contribution >= 4 is 17.7 Å². The fourth-order valence-electron chi connectivity index (χ4n) is 3.00. The van der Waals surface area contributed by atoms with E-state index in [0.717, 1.165) is 11.1 Å². The molecule has 0 unspecified atom stereocenters. The molecular weight excluding hydrogens is 324 g/mol. The van der Waals surface area contributed by atoms with E-state index in [9.17, 15) is 14.8 Å². The summed E-state index contributed by atoms with van der Waals surface area (Å²) in [6.07, 6.45) is -0.523. The number of methoxy groups -OCH3 is 1. The third-order valence-electron chi connectivity index (χ3n) is 4.18. The summed E-state index contributed by atoms with van der Waals surface area (Å²) in [5, 5.41) is 21.6. The van der Waals surface area contributed by atoms with Gasteiger partial charge >= 0.3 is 6.09 Å². The zero-order valence-corrected chi connectivity index (χ0v) is 13.6. The van der Waals surface area contributed by atoms with Gasteiger partial charge in [-0.3, -0.25) is 10.0 Å². The largest absolute Gasteiger partial charge is 0.496 e. The average molecular weight is 342 g/mol. The summed E-state index contributed by atoms with van der Waals surface area (Å²) in [7, 11) is 1.53. The van der Waals surface area contributed by atoms with Crippen LogP contribution in [0.1, 0.15) is 16.7 Å². The number of fused-ring (bicyclic) bond motifs is 1. The summed E-state index contributed by atoms with van der Waals surface area (Å²) >= 11 is 0. The Morgan fingerprint density at radius 1 is 1.32 bits per heavy atom. The summed E-state index contributed by atoms with van der Waals surface area (Å²) in [5.41, 5.74) is 2.97. The number of carboxylic acid groups (broad SMARTS) is 1. The van der Waals surface area contributed by atoms with Gasteiger partial charge in [0.15, 0.2) is 0 Å². The number of anilines is 1. The van der Waals surface area contributed by atoms with Crippen LogP contribution in [0.4, 0.5) is 10.5 Å². The van der Waals surface area contributed by atoms with E-state index in [2.05, 4.69) is 5.32 Å². The highest BCUT2D eigenvalue weighted by atomic mass is 16.5. The maximum atomic E-state index is 12.1.